The highest BCUT2D eigenvalue weighted by Crippen LogP contribution is 2.00. The van der Waals surface area contributed by atoms with Gasteiger partial charge in [-0.2, -0.15) is 0 Å². The quantitative estimate of drug-likeness (QED) is 0.556. The number of nitrogens with one attached hydrogen (secondary N) is 2. The van der Waals surface area contributed by atoms with Crippen LogP contribution in [0.5, 0.6) is 0 Å². The maximum Gasteiger partial charge on any atom is 0.315 e. The van der Waals surface area contributed by atoms with Crippen molar-refractivity contribution in [3.05, 3.63) is 0 Å². The summed E-state index contributed by atoms with van der Waals surface area (Å²) in [6.07, 6.45) is 3.48. The van der Waals surface area contributed by atoms with Gasteiger partial charge in [0.25, 0.3) is 0 Å². The molecule has 0 radical (unpaired) electrons. The van der Waals surface area contributed by atoms with E-state index in [2.05, 4.69) is 17.6 Å². The molecule has 0 saturated heterocycles. The van der Waals surface area contributed by atoms with E-state index in [1.54, 1.807) is 0 Å². The predicted octanol–water partition coefficient (Wildman–Crippen LogP) is 1.73. The lowest BCUT2D eigenvalue weighted by Gasteiger charge is -2.16. The van der Waals surface area contributed by atoms with Gasteiger partial charge in [-0.1, -0.05) is 20.3 Å². The summed E-state index contributed by atoms with van der Waals surface area (Å²) >= 11 is 0. The van der Waals surface area contributed by atoms with Crippen LogP contribution in [0.15, 0.2) is 0 Å². The normalized spacial score (nSPS) is 11.9. The fourth-order valence-electron chi connectivity index (χ4n) is 1.40. The summed E-state index contributed by atoms with van der Waals surface area (Å²) in [5.74, 6) is -0.834. The molecule has 5 heteroatoms. The molecule has 0 aliphatic rings. The minimum absolute atomic E-state index is 0.0897. The standard InChI is InChI=1S/C11H22N2O3/c1-3-6-9(4-2)13-11(16)12-8-5-7-10(14)15/h9H,3-8H2,1-2H3,(H,14,15)(H2,12,13,16). The first-order valence-corrected chi connectivity index (χ1v) is 5.86. The average molecular weight is 230 g/mol. The van der Waals surface area contributed by atoms with Gasteiger partial charge in [0, 0.05) is 19.0 Å². The second kappa shape index (κ2) is 9.00. The average Bonchev–Trinajstić information content (AvgIpc) is 2.23. The van der Waals surface area contributed by atoms with Crippen LogP contribution in [-0.2, 0) is 4.79 Å². The van der Waals surface area contributed by atoms with Gasteiger partial charge in [-0.15, -0.1) is 0 Å². The Balaban J connectivity index is 3.60. The summed E-state index contributed by atoms with van der Waals surface area (Å²) < 4.78 is 0. The third-order valence-corrected chi connectivity index (χ3v) is 2.32. The maximum atomic E-state index is 11.4. The van der Waals surface area contributed by atoms with E-state index >= 15 is 0 Å². The SMILES string of the molecule is CCCC(CC)NC(=O)NCCCC(=O)O. The van der Waals surface area contributed by atoms with Crippen molar-refractivity contribution < 1.29 is 14.7 Å². The third-order valence-electron chi connectivity index (χ3n) is 2.32. The maximum absolute atomic E-state index is 11.4. The van der Waals surface area contributed by atoms with Crippen LogP contribution in [0.4, 0.5) is 4.79 Å². The molecule has 0 heterocycles. The van der Waals surface area contributed by atoms with Gasteiger partial charge in [0.1, 0.15) is 0 Å². The first-order chi connectivity index (χ1) is 7.60. The van der Waals surface area contributed by atoms with Crippen molar-refractivity contribution in [1.29, 1.82) is 0 Å². The van der Waals surface area contributed by atoms with Gasteiger partial charge in [0.05, 0.1) is 0 Å². The van der Waals surface area contributed by atoms with Gasteiger partial charge in [0.15, 0.2) is 0 Å². The Morgan fingerprint density at radius 2 is 2.00 bits per heavy atom. The van der Waals surface area contributed by atoms with Gasteiger partial charge < -0.3 is 15.7 Å². The van der Waals surface area contributed by atoms with E-state index in [1.165, 1.54) is 0 Å². The van der Waals surface area contributed by atoms with Gasteiger partial charge in [0.2, 0.25) is 0 Å². The molecule has 94 valence electrons. The van der Waals surface area contributed by atoms with Gasteiger partial charge in [-0.25, -0.2) is 4.79 Å². The van der Waals surface area contributed by atoms with E-state index in [4.69, 9.17) is 5.11 Å². The second-order valence-electron chi connectivity index (χ2n) is 3.79. The summed E-state index contributed by atoms with van der Waals surface area (Å²) in [5, 5.41) is 13.9. The number of carbonyl (C=O) groups is 2. The largest absolute Gasteiger partial charge is 0.481 e. The molecule has 0 saturated carbocycles. The monoisotopic (exact) mass is 230 g/mol. The second-order valence-corrected chi connectivity index (χ2v) is 3.79. The molecule has 0 aromatic carbocycles. The van der Waals surface area contributed by atoms with Crippen molar-refractivity contribution in [2.75, 3.05) is 6.54 Å². The summed E-state index contributed by atoms with van der Waals surface area (Å²) in [6, 6.07) is 0.00941. The smallest absolute Gasteiger partial charge is 0.315 e. The van der Waals surface area contributed by atoms with E-state index in [1.807, 2.05) is 6.92 Å². The number of hydrogen-bond acceptors (Lipinski definition) is 2. The fourth-order valence-corrected chi connectivity index (χ4v) is 1.40. The Bertz CT molecular complexity index is 219. The zero-order chi connectivity index (χ0) is 12.4. The molecule has 1 atom stereocenters. The van der Waals surface area contributed by atoms with Gasteiger partial charge >= 0.3 is 12.0 Å². The number of aliphatic carboxylic acids is 1. The molecule has 0 aromatic rings. The van der Waals surface area contributed by atoms with E-state index in [-0.39, 0.29) is 18.5 Å². The molecule has 0 aromatic heterocycles. The zero-order valence-electron chi connectivity index (χ0n) is 10.1. The summed E-state index contributed by atoms with van der Waals surface area (Å²) in [4.78, 5) is 21.6. The van der Waals surface area contributed by atoms with Crippen LogP contribution in [0.25, 0.3) is 0 Å². The Hall–Kier alpha value is -1.26. The third kappa shape index (κ3) is 8.08. The summed E-state index contributed by atoms with van der Waals surface area (Å²) in [7, 11) is 0. The molecule has 0 spiro atoms. The van der Waals surface area contributed by atoms with E-state index in [0.717, 1.165) is 19.3 Å². The predicted molar refractivity (Wildman–Crippen MR) is 62.4 cm³/mol. The van der Waals surface area contributed by atoms with Crippen molar-refractivity contribution >= 4 is 12.0 Å². The minimum Gasteiger partial charge on any atom is -0.481 e. The van der Waals surface area contributed by atoms with Crippen molar-refractivity contribution in [2.24, 2.45) is 0 Å². The molecule has 16 heavy (non-hydrogen) atoms. The Kier molecular flexibility index (Phi) is 8.29. The molecule has 2 amide bonds. The number of carbonyl (C=O) groups excluding carboxylic acids is 1. The number of hydrogen-bond donors (Lipinski definition) is 3. The first-order valence-electron chi connectivity index (χ1n) is 5.86. The van der Waals surface area contributed by atoms with Crippen LogP contribution in [-0.4, -0.2) is 29.7 Å². The van der Waals surface area contributed by atoms with Crippen LogP contribution in [0, 0.1) is 0 Å². The Labute approximate surface area is 96.6 Å². The molecular formula is C11H22N2O3. The molecule has 0 aliphatic heterocycles. The molecule has 0 rings (SSSR count). The minimum atomic E-state index is -0.834. The molecule has 3 N–H and O–H groups in total. The summed E-state index contributed by atoms with van der Waals surface area (Å²) in [5.41, 5.74) is 0. The highest BCUT2D eigenvalue weighted by molar-refractivity contribution is 5.74. The van der Waals surface area contributed by atoms with E-state index < -0.39 is 5.97 Å². The lowest BCUT2D eigenvalue weighted by atomic mass is 10.1. The molecule has 5 nitrogen and oxygen atoms in total. The lowest BCUT2D eigenvalue weighted by molar-refractivity contribution is -0.137. The Morgan fingerprint density at radius 3 is 2.50 bits per heavy atom. The van der Waals surface area contributed by atoms with Gasteiger partial charge in [-0.05, 0) is 19.3 Å². The first kappa shape index (κ1) is 14.7. The van der Waals surface area contributed by atoms with Crippen molar-refractivity contribution in [2.45, 2.75) is 52.0 Å². The number of carboxylic acid groups (broad SMARTS) is 1. The van der Waals surface area contributed by atoms with Crippen molar-refractivity contribution in [3.8, 4) is 0 Å². The van der Waals surface area contributed by atoms with E-state index in [0.29, 0.717) is 13.0 Å². The van der Waals surface area contributed by atoms with Gasteiger partial charge in [-0.3, -0.25) is 4.79 Å². The molecule has 0 bridgehead atoms. The molecular weight excluding hydrogens is 208 g/mol. The lowest BCUT2D eigenvalue weighted by Crippen LogP contribution is -2.42. The number of urea groups is 1. The summed E-state index contributed by atoms with van der Waals surface area (Å²) in [6.45, 7) is 4.51. The van der Waals surface area contributed by atoms with Crippen LogP contribution < -0.4 is 10.6 Å². The van der Waals surface area contributed by atoms with Crippen LogP contribution in [0.2, 0.25) is 0 Å². The van der Waals surface area contributed by atoms with Crippen molar-refractivity contribution in [1.82, 2.24) is 10.6 Å². The highest BCUT2D eigenvalue weighted by atomic mass is 16.4. The van der Waals surface area contributed by atoms with E-state index in [9.17, 15) is 9.59 Å². The Morgan fingerprint density at radius 1 is 1.31 bits per heavy atom. The number of rotatable bonds is 8. The zero-order valence-corrected chi connectivity index (χ0v) is 10.1. The molecule has 0 fully saturated rings. The van der Waals surface area contributed by atoms with Crippen LogP contribution >= 0.6 is 0 Å². The van der Waals surface area contributed by atoms with Crippen LogP contribution in [0.3, 0.4) is 0 Å². The van der Waals surface area contributed by atoms with Crippen molar-refractivity contribution in [3.63, 3.8) is 0 Å². The highest BCUT2D eigenvalue weighted by Gasteiger charge is 2.08. The van der Waals surface area contributed by atoms with Crippen LogP contribution in [0.1, 0.15) is 46.0 Å². The molecule has 1 unspecified atom stereocenters. The fraction of sp³-hybridized carbons (Fsp3) is 0.818. The number of carboxylic acids is 1. The number of amides is 2. The molecule has 0 aliphatic carbocycles. The topological polar surface area (TPSA) is 78.4 Å².